The lowest BCUT2D eigenvalue weighted by molar-refractivity contribution is -0.121. The van der Waals surface area contributed by atoms with Crippen LogP contribution in [0.1, 0.15) is 43.2 Å². The van der Waals surface area contributed by atoms with E-state index in [1.54, 1.807) is 7.05 Å². The molecule has 128 valence electrons. The third-order valence-corrected chi connectivity index (χ3v) is 5.98. The molecule has 1 fully saturated rings. The molecule has 1 aliphatic carbocycles. The standard InChI is InChI=1S/C18H24N4OS/c1-13(20-15(23)12-16-21-22-17(19-2)24-16)18(10-6-7-11-18)14-8-4-3-5-9-14/h3-5,8-9,13H,6-7,10-12H2,1-2H3,(H,19,22)(H,20,23). The highest BCUT2D eigenvalue weighted by molar-refractivity contribution is 7.15. The van der Waals surface area contributed by atoms with Crippen molar-refractivity contribution in [1.29, 1.82) is 0 Å². The first-order valence-corrected chi connectivity index (χ1v) is 9.31. The highest BCUT2D eigenvalue weighted by Gasteiger charge is 2.41. The quantitative estimate of drug-likeness (QED) is 0.845. The summed E-state index contributed by atoms with van der Waals surface area (Å²) in [6.45, 7) is 2.13. The normalized spacial score (nSPS) is 17.4. The van der Waals surface area contributed by atoms with Crippen LogP contribution in [0.4, 0.5) is 5.13 Å². The highest BCUT2D eigenvalue weighted by Crippen LogP contribution is 2.43. The minimum atomic E-state index is 0.0171. The number of aromatic nitrogens is 2. The largest absolute Gasteiger partial charge is 0.363 e. The van der Waals surface area contributed by atoms with Gasteiger partial charge in [0, 0.05) is 18.5 Å². The van der Waals surface area contributed by atoms with E-state index in [1.807, 2.05) is 6.07 Å². The van der Waals surface area contributed by atoms with Crippen LogP contribution in [-0.2, 0) is 16.6 Å². The van der Waals surface area contributed by atoms with Gasteiger partial charge in [0.15, 0.2) is 0 Å². The van der Waals surface area contributed by atoms with E-state index in [2.05, 4.69) is 52.0 Å². The van der Waals surface area contributed by atoms with Crippen LogP contribution in [0.3, 0.4) is 0 Å². The topological polar surface area (TPSA) is 66.9 Å². The summed E-state index contributed by atoms with van der Waals surface area (Å²) in [7, 11) is 1.80. The van der Waals surface area contributed by atoms with E-state index in [-0.39, 0.29) is 23.8 Å². The molecule has 0 aliphatic heterocycles. The van der Waals surface area contributed by atoms with Crippen molar-refractivity contribution in [2.75, 3.05) is 12.4 Å². The minimum absolute atomic E-state index is 0.0171. The van der Waals surface area contributed by atoms with Gasteiger partial charge in [0.1, 0.15) is 5.01 Å². The summed E-state index contributed by atoms with van der Waals surface area (Å²) in [6, 6.07) is 10.7. The molecule has 1 saturated carbocycles. The van der Waals surface area contributed by atoms with Crippen LogP contribution in [0.25, 0.3) is 0 Å². The third kappa shape index (κ3) is 3.43. The first-order valence-electron chi connectivity index (χ1n) is 8.49. The minimum Gasteiger partial charge on any atom is -0.363 e. The van der Waals surface area contributed by atoms with Crippen molar-refractivity contribution in [1.82, 2.24) is 15.5 Å². The van der Waals surface area contributed by atoms with Gasteiger partial charge in [-0.2, -0.15) is 0 Å². The van der Waals surface area contributed by atoms with Crippen LogP contribution in [0.2, 0.25) is 0 Å². The van der Waals surface area contributed by atoms with Gasteiger partial charge in [0.25, 0.3) is 0 Å². The zero-order chi connectivity index (χ0) is 17.0. The second kappa shape index (κ2) is 7.30. The van der Waals surface area contributed by atoms with Gasteiger partial charge >= 0.3 is 0 Å². The number of nitrogens with zero attached hydrogens (tertiary/aromatic N) is 2. The van der Waals surface area contributed by atoms with Crippen LogP contribution in [0.5, 0.6) is 0 Å². The molecule has 2 N–H and O–H groups in total. The molecular weight excluding hydrogens is 320 g/mol. The Kier molecular flexibility index (Phi) is 5.14. The number of carbonyl (C=O) groups excluding carboxylic acids is 1. The summed E-state index contributed by atoms with van der Waals surface area (Å²) in [4.78, 5) is 12.5. The molecule has 1 atom stereocenters. The van der Waals surface area contributed by atoms with Crippen molar-refractivity contribution >= 4 is 22.4 Å². The number of carbonyl (C=O) groups is 1. The second-order valence-electron chi connectivity index (χ2n) is 6.45. The molecule has 1 unspecified atom stereocenters. The van der Waals surface area contributed by atoms with Crippen LogP contribution in [-0.4, -0.2) is 29.2 Å². The second-order valence-corrected chi connectivity index (χ2v) is 7.51. The summed E-state index contributed by atoms with van der Waals surface area (Å²) < 4.78 is 0. The van der Waals surface area contributed by atoms with E-state index >= 15 is 0 Å². The van der Waals surface area contributed by atoms with Crippen molar-refractivity contribution in [2.45, 2.75) is 50.5 Å². The third-order valence-electron chi connectivity index (χ3n) is 5.04. The Bertz CT molecular complexity index is 679. The Hall–Kier alpha value is -1.95. The molecule has 1 aromatic carbocycles. The van der Waals surface area contributed by atoms with Crippen LogP contribution in [0.15, 0.2) is 30.3 Å². The van der Waals surface area contributed by atoms with Crippen LogP contribution in [0, 0.1) is 0 Å². The fraction of sp³-hybridized carbons (Fsp3) is 0.500. The number of hydrogen-bond donors (Lipinski definition) is 2. The summed E-state index contributed by atoms with van der Waals surface area (Å²) >= 11 is 1.42. The zero-order valence-corrected chi connectivity index (χ0v) is 15.0. The molecule has 6 heteroatoms. The molecule has 0 saturated heterocycles. The lowest BCUT2D eigenvalue weighted by Gasteiger charge is -2.36. The maximum absolute atomic E-state index is 12.5. The van der Waals surface area contributed by atoms with Gasteiger partial charge in [0.2, 0.25) is 11.0 Å². The van der Waals surface area contributed by atoms with Crippen molar-refractivity contribution < 1.29 is 4.79 Å². The average Bonchev–Trinajstić information content (AvgIpc) is 3.25. The van der Waals surface area contributed by atoms with E-state index in [4.69, 9.17) is 0 Å². The highest BCUT2D eigenvalue weighted by atomic mass is 32.1. The van der Waals surface area contributed by atoms with Gasteiger partial charge in [-0.25, -0.2) is 0 Å². The van der Waals surface area contributed by atoms with Gasteiger partial charge in [-0.05, 0) is 25.3 Å². The predicted octanol–water partition coefficient (Wildman–Crippen LogP) is 3.14. The SMILES string of the molecule is CNc1nnc(CC(=O)NC(C)C2(c3ccccc3)CCCC2)s1. The Balaban J connectivity index is 1.69. The maximum Gasteiger partial charge on any atom is 0.227 e. The molecule has 2 aromatic rings. The molecule has 24 heavy (non-hydrogen) atoms. The van der Waals surface area contributed by atoms with Crippen molar-refractivity contribution in [3.05, 3.63) is 40.9 Å². The Labute approximate surface area is 146 Å². The van der Waals surface area contributed by atoms with Crippen LogP contribution >= 0.6 is 11.3 Å². The van der Waals surface area contributed by atoms with Crippen molar-refractivity contribution in [2.24, 2.45) is 0 Å². The van der Waals surface area contributed by atoms with E-state index in [9.17, 15) is 4.79 Å². The van der Waals surface area contributed by atoms with Gasteiger partial charge < -0.3 is 10.6 Å². The summed E-state index contributed by atoms with van der Waals surface area (Å²) in [6.07, 6.45) is 4.98. The van der Waals surface area contributed by atoms with Gasteiger partial charge in [-0.3, -0.25) is 4.79 Å². The molecule has 1 aliphatic rings. The monoisotopic (exact) mass is 344 g/mol. The maximum atomic E-state index is 12.5. The van der Waals surface area contributed by atoms with E-state index in [1.165, 1.54) is 29.7 Å². The molecule has 5 nitrogen and oxygen atoms in total. The molecule has 0 radical (unpaired) electrons. The Morgan fingerprint density at radius 1 is 1.25 bits per heavy atom. The number of amides is 1. The van der Waals surface area contributed by atoms with Crippen LogP contribution < -0.4 is 10.6 Å². The fourth-order valence-corrected chi connectivity index (χ4v) is 4.43. The van der Waals surface area contributed by atoms with Crippen molar-refractivity contribution in [3.63, 3.8) is 0 Å². The average molecular weight is 344 g/mol. The predicted molar refractivity (Wildman–Crippen MR) is 97.4 cm³/mol. The summed E-state index contributed by atoms with van der Waals surface area (Å²) in [5.41, 5.74) is 1.39. The Morgan fingerprint density at radius 2 is 1.96 bits per heavy atom. The van der Waals surface area contributed by atoms with E-state index in [0.29, 0.717) is 0 Å². The molecule has 0 spiro atoms. The number of benzene rings is 1. The number of anilines is 1. The first kappa shape index (κ1) is 16.9. The van der Waals surface area contributed by atoms with Gasteiger partial charge in [0.05, 0.1) is 6.42 Å². The van der Waals surface area contributed by atoms with Gasteiger partial charge in [-0.1, -0.05) is 54.5 Å². The molecular formula is C18H24N4OS. The molecule has 1 aromatic heterocycles. The summed E-state index contributed by atoms with van der Waals surface area (Å²) in [5.74, 6) is 0.0171. The molecule has 0 bridgehead atoms. The number of nitrogens with one attached hydrogen (secondary N) is 2. The first-order chi connectivity index (χ1) is 11.6. The summed E-state index contributed by atoms with van der Waals surface area (Å²) in [5, 5.41) is 15.7. The van der Waals surface area contributed by atoms with Gasteiger partial charge in [-0.15, -0.1) is 10.2 Å². The fourth-order valence-electron chi connectivity index (χ4n) is 3.74. The molecule has 1 heterocycles. The van der Waals surface area contributed by atoms with E-state index < -0.39 is 0 Å². The smallest absolute Gasteiger partial charge is 0.227 e. The zero-order valence-electron chi connectivity index (χ0n) is 14.2. The molecule has 1 amide bonds. The number of rotatable bonds is 6. The van der Waals surface area contributed by atoms with Crippen molar-refractivity contribution in [3.8, 4) is 0 Å². The Morgan fingerprint density at radius 3 is 2.58 bits per heavy atom. The van der Waals surface area contributed by atoms with E-state index in [0.717, 1.165) is 23.0 Å². The molecule has 3 rings (SSSR count). The number of hydrogen-bond acceptors (Lipinski definition) is 5. The lowest BCUT2D eigenvalue weighted by Crippen LogP contribution is -2.47. The lowest BCUT2D eigenvalue weighted by atomic mass is 9.73.